The van der Waals surface area contributed by atoms with Gasteiger partial charge in [-0.3, -0.25) is 0 Å². The zero-order valence-electron chi connectivity index (χ0n) is 10.4. The topological polar surface area (TPSA) is 12.9 Å². The fourth-order valence-corrected chi connectivity index (χ4v) is 2.72. The molecule has 3 rings (SSSR count). The first-order chi connectivity index (χ1) is 9.28. The Morgan fingerprint density at radius 1 is 1.00 bits per heavy atom. The number of rotatable bonds is 2. The molecule has 0 amide bonds. The van der Waals surface area contributed by atoms with E-state index in [-0.39, 0.29) is 0 Å². The predicted molar refractivity (Wildman–Crippen MR) is 84.0 cm³/mol. The van der Waals surface area contributed by atoms with E-state index in [2.05, 4.69) is 35.5 Å². The lowest BCUT2D eigenvalue weighted by Crippen LogP contribution is -1.87. The highest BCUT2D eigenvalue weighted by molar-refractivity contribution is 7.98. The number of pyridine rings is 1. The molecule has 2 aromatic carbocycles. The first-order valence-corrected chi connectivity index (χ1v) is 7.58. The number of para-hydroxylation sites is 1. The quantitative estimate of drug-likeness (QED) is 0.594. The number of hydrogen-bond acceptors (Lipinski definition) is 2. The molecule has 1 heterocycles. The van der Waals surface area contributed by atoms with Gasteiger partial charge in [0.1, 0.15) is 0 Å². The molecule has 0 saturated heterocycles. The highest BCUT2D eigenvalue weighted by atomic mass is 35.5. The summed E-state index contributed by atoms with van der Waals surface area (Å²) < 4.78 is 0. The van der Waals surface area contributed by atoms with E-state index in [0.717, 1.165) is 22.2 Å². The summed E-state index contributed by atoms with van der Waals surface area (Å²) in [6.45, 7) is 0. The van der Waals surface area contributed by atoms with E-state index in [4.69, 9.17) is 11.6 Å². The van der Waals surface area contributed by atoms with Crippen LogP contribution < -0.4 is 0 Å². The third-order valence-corrected chi connectivity index (χ3v) is 4.07. The summed E-state index contributed by atoms with van der Waals surface area (Å²) in [5, 5.41) is 1.76. The summed E-state index contributed by atoms with van der Waals surface area (Å²) in [7, 11) is 0. The molecule has 1 nitrogen and oxygen atoms in total. The molecular weight excluding hydrogens is 274 g/mol. The van der Waals surface area contributed by atoms with Crippen LogP contribution in [0.4, 0.5) is 0 Å². The SMILES string of the molecule is CSc1ccc(-c2nc3ccccc3cc2Cl)cc1. The summed E-state index contributed by atoms with van der Waals surface area (Å²) in [4.78, 5) is 5.90. The van der Waals surface area contributed by atoms with Crippen LogP contribution in [0.2, 0.25) is 5.02 Å². The van der Waals surface area contributed by atoms with Crippen LogP contribution in [0, 0.1) is 0 Å². The van der Waals surface area contributed by atoms with E-state index in [1.807, 2.05) is 30.3 Å². The molecule has 0 unspecified atom stereocenters. The Labute approximate surface area is 121 Å². The van der Waals surface area contributed by atoms with Crippen LogP contribution in [0.25, 0.3) is 22.2 Å². The first kappa shape index (κ1) is 12.5. The molecule has 0 saturated carbocycles. The largest absolute Gasteiger partial charge is 0.246 e. The van der Waals surface area contributed by atoms with E-state index >= 15 is 0 Å². The van der Waals surface area contributed by atoms with Gasteiger partial charge in [-0.25, -0.2) is 4.98 Å². The van der Waals surface area contributed by atoms with Crippen molar-refractivity contribution < 1.29 is 0 Å². The molecular formula is C16H12ClNS. The lowest BCUT2D eigenvalue weighted by molar-refractivity contribution is 1.38. The fourth-order valence-electron chi connectivity index (χ4n) is 2.04. The molecule has 3 aromatic rings. The van der Waals surface area contributed by atoms with Gasteiger partial charge in [-0.05, 0) is 30.5 Å². The van der Waals surface area contributed by atoms with Crippen molar-refractivity contribution in [3.8, 4) is 11.3 Å². The first-order valence-electron chi connectivity index (χ1n) is 5.97. The highest BCUT2D eigenvalue weighted by Crippen LogP contribution is 2.30. The average Bonchev–Trinajstić information content (AvgIpc) is 2.47. The van der Waals surface area contributed by atoms with Gasteiger partial charge < -0.3 is 0 Å². The van der Waals surface area contributed by atoms with Gasteiger partial charge in [0, 0.05) is 15.8 Å². The maximum atomic E-state index is 6.34. The van der Waals surface area contributed by atoms with Gasteiger partial charge >= 0.3 is 0 Å². The molecule has 1 aromatic heterocycles. The van der Waals surface area contributed by atoms with Crippen LogP contribution in [0.3, 0.4) is 0 Å². The minimum absolute atomic E-state index is 0.690. The van der Waals surface area contributed by atoms with Crippen molar-refractivity contribution in [3.05, 3.63) is 59.6 Å². The second-order valence-corrected chi connectivity index (χ2v) is 5.53. The zero-order chi connectivity index (χ0) is 13.2. The van der Waals surface area contributed by atoms with Gasteiger partial charge in [0.25, 0.3) is 0 Å². The number of fused-ring (bicyclic) bond motifs is 1. The number of benzene rings is 2. The third-order valence-electron chi connectivity index (χ3n) is 3.04. The minimum Gasteiger partial charge on any atom is -0.246 e. The van der Waals surface area contributed by atoms with Crippen LogP contribution in [0.1, 0.15) is 0 Å². The third kappa shape index (κ3) is 2.46. The van der Waals surface area contributed by atoms with Gasteiger partial charge in [0.15, 0.2) is 0 Å². The smallest absolute Gasteiger partial charge is 0.0895 e. The van der Waals surface area contributed by atoms with Crippen molar-refractivity contribution in [1.82, 2.24) is 4.98 Å². The summed E-state index contributed by atoms with van der Waals surface area (Å²) >= 11 is 8.07. The molecule has 3 heteroatoms. The van der Waals surface area contributed by atoms with Crippen molar-refractivity contribution in [2.24, 2.45) is 0 Å². The molecule has 0 fully saturated rings. The molecule has 0 bridgehead atoms. The van der Waals surface area contributed by atoms with E-state index in [1.54, 1.807) is 11.8 Å². The van der Waals surface area contributed by atoms with Gasteiger partial charge in [0.2, 0.25) is 0 Å². The van der Waals surface area contributed by atoms with Crippen molar-refractivity contribution in [3.63, 3.8) is 0 Å². The second-order valence-electron chi connectivity index (χ2n) is 4.24. The van der Waals surface area contributed by atoms with E-state index in [0.29, 0.717) is 5.02 Å². The van der Waals surface area contributed by atoms with Crippen LogP contribution in [-0.4, -0.2) is 11.2 Å². The monoisotopic (exact) mass is 285 g/mol. The van der Waals surface area contributed by atoms with Crippen molar-refractivity contribution in [2.45, 2.75) is 4.90 Å². The van der Waals surface area contributed by atoms with E-state index in [9.17, 15) is 0 Å². The second kappa shape index (κ2) is 5.24. The molecule has 0 aliphatic carbocycles. The van der Waals surface area contributed by atoms with Gasteiger partial charge in [-0.1, -0.05) is 41.9 Å². The van der Waals surface area contributed by atoms with Gasteiger partial charge in [-0.15, -0.1) is 11.8 Å². The molecule has 94 valence electrons. The number of halogens is 1. The normalized spacial score (nSPS) is 10.8. The number of thioether (sulfide) groups is 1. The summed E-state index contributed by atoms with van der Waals surface area (Å²) in [5.74, 6) is 0. The summed E-state index contributed by atoms with van der Waals surface area (Å²) in [5.41, 5.74) is 2.86. The Balaban J connectivity index is 2.15. The van der Waals surface area contributed by atoms with Crippen LogP contribution in [-0.2, 0) is 0 Å². The molecule has 0 spiro atoms. The van der Waals surface area contributed by atoms with Crippen LogP contribution in [0.15, 0.2) is 59.5 Å². The molecule has 0 aliphatic heterocycles. The lowest BCUT2D eigenvalue weighted by atomic mass is 10.1. The number of aromatic nitrogens is 1. The Bertz CT molecular complexity index is 722. The van der Waals surface area contributed by atoms with E-state index in [1.165, 1.54) is 4.90 Å². The van der Waals surface area contributed by atoms with Gasteiger partial charge in [0.05, 0.1) is 16.2 Å². The average molecular weight is 286 g/mol. The standard InChI is InChI=1S/C16H12ClNS/c1-19-13-8-6-11(7-9-13)16-14(17)10-12-4-2-3-5-15(12)18-16/h2-10H,1H3. The van der Waals surface area contributed by atoms with Crippen molar-refractivity contribution >= 4 is 34.3 Å². The van der Waals surface area contributed by atoms with Crippen LogP contribution in [0.5, 0.6) is 0 Å². The van der Waals surface area contributed by atoms with Gasteiger partial charge in [-0.2, -0.15) is 0 Å². The van der Waals surface area contributed by atoms with E-state index < -0.39 is 0 Å². The lowest BCUT2D eigenvalue weighted by Gasteiger charge is -2.06. The predicted octanol–water partition coefficient (Wildman–Crippen LogP) is 5.28. The Morgan fingerprint density at radius 3 is 2.47 bits per heavy atom. The molecule has 0 atom stereocenters. The summed E-state index contributed by atoms with van der Waals surface area (Å²) in [6, 6.07) is 18.3. The zero-order valence-corrected chi connectivity index (χ0v) is 12.0. The van der Waals surface area contributed by atoms with Crippen LogP contribution >= 0.6 is 23.4 Å². The van der Waals surface area contributed by atoms with Crippen molar-refractivity contribution in [2.75, 3.05) is 6.26 Å². The Hall–Kier alpha value is -1.51. The molecule has 0 N–H and O–H groups in total. The van der Waals surface area contributed by atoms with Crippen molar-refractivity contribution in [1.29, 1.82) is 0 Å². The summed E-state index contributed by atoms with van der Waals surface area (Å²) in [6.07, 6.45) is 2.07. The Kier molecular flexibility index (Phi) is 3.45. The maximum Gasteiger partial charge on any atom is 0.0895 e. The molecule has 0 radical (unpaired) electrons. The molecule has 19 heavy (non-hydrogen) atoms. The molecule has 0 aliphatic rings. The highest BCUT2D eigenvalue weighted by Gasteiger charge is 2.07. The minimum atomic E-state index is 0.690. The number of hydrogen-bond donors (Lipinski definition) is 0. The Morgan fingerprint density at radius 2 is 1.74 bits per heavy atom. The maximum absolute atomic E-state index is 6.34. The number of nitrogens with zero attached hydrogens (tertiary/aromatic N) is 1. The fraction of sp³-hybridized carbons (Fsp3) is 0.0625.